The highest BCUT2D eigenvalue weighted by atomic mass is 16.5. The molecule has 1 aromatic carbocycles. The van der Waals surface area contributed by atoms with Crippen LogP contribution in [0, 0.1) is 5.92 Å². The van der Waals surface area contributed by atoms with Crippen LogP contribution in [0.15, 0.2) is 35.1 Å². The third-order valence-corrected chi connectivity index (χ3v) is 4.89. The molecule has 0 saturated carbocycles. The van der Waals surface area contributed by atoms with E-state index >= 15 is 0 Å². The monoisotopic (exact) mass is 341 g/mol. The highest BCUT2D eigenvalue weighted by Gasteiger charge is 2.36. The zero-order valence-corrected chi connectivity index (χ0v) is 13.9. The Morgan fingerprint density at radius 2 is 2.00 bits per heavy atom. The average Bonchev–Trinajstić information content (AvgIpc) is 2.86. The van der Waals surface area contributed by atoms with Crippen LogP contribution >= 0.6 is 0 Å². The Bertz CT molecular complexity index is 920. The van der Waals surface area contributed by atoms with Gasteiger partial charge in [0.15, 0.2) is 0 Å². The molecule has 4 rings (SSSR count). The molecular weight excluding hydrogens is 322 g/mol. The fraction of sp³-hybridized carbons (Fsp3) is 0.389. The summed E-state index contributed by atoms with van der Waals surface area (Å²) >= 11 is 0. The molecule has 0 aliphatic carbocycles. The molecule has 2 aromatic rings. The number of carbonyl (C=O) groups is 2. The minimum atomic E-state index is -0.402. The van der Waals surface area contributed by atoms with Crippen molar-refractivity contribution in [3.05, 3.63) is 46.2 Å². The van der Waals surface area contributed by atoms with Crippen LogP contribution in [0.3, 0.4) is 0 Å². The van der Waals surface area contributed by atoms with E-state index in [1.807, 2.05) is 24.3 Å². The highest BCUT2D eigenvalue weighted by Crippen LogP contribution is 2.18. The molecule has 25 heavy (non-hydrogen) atoms. The van der Waals surface area contributed by atoms with Crippen LogP contribution in [0.25, 0.3) is 10.9 Å². The quantitative estimate of drug-likeness (QED) is 0.799. The Hall–Kier alpha value is -2.67. The zero-order valence-electron chi connectivity index (χ0n) is 13.9. The van der Waals surface area contributed by atoms with E-state index in [9.17, 15) is 14.4 Å². The van der Waals surface area contributed by atoms with Gasteiger partial charge in [-0.2, -0.15) is 0 Å². The number of hydrogen-bond acceptors (Lipinski definition) is 4. The molecule has 2 aliphatic heterocycles. The molecular formula is C18H19N3O4. The number of carbonyl (C=O) groups excluding carboxylic acids is 2. The number of ether oxygens (including phenoxy) is 1. The van der Waals surface area contributed by atoms with Crippen molar-refractivity contribution in [1.29, 1.82) is 0 Å². The van der Waals surface area contributed by atoms with Gasteiger partial charge in [-0.15, -0.1) is 0 Å². The highest BCUT2D eigenvalue weighted by molar-refractivity contribution is 5.98. The van der Waals surface area contributed by atoms with Gasteiger partial charge in [-0.05, 0) is 17.5 Å². The van der Waals surface area contributed by atoms with Gasteiger partial charge in [0, 0.05) is 20.1 Å². The fourth-order valence-corrected chi connectivity index (χ4v) is 3.54. The lowest BCUT2D eigenvalue weighted by atomic mass is 10.1. The third kappa shape index (κ3) is 2.70. The van der Waals surface area contributed by atoms with Gasteiger partial charge in [-0.1, -0.05) is 18.2 Å². The van der Waals surface area contributed by atoms with Crippen LogP contribution in [-0.4, -0.2) is 53.6 Å². The van der Waals surface area contributed by atoms with Gasteiger partial charge < -0.3 is 19.5 Å². The predicted molar refractivity (Wildman–Crippen MR) is 91.3 cm³/mol. The van der Waals surface area contributed by atoms with Crippen molar-refractivity contribution >= 4 is 22.7 Å². The summed E-state index contributed by atoms with van der Waals surface area (Å²) in [5, 5.41) is 3.73. The number of fused-ring (bicyclic) bond motifs is 4. The van der Waals surface area contributed by atoms with Crippen molar-refractivity contribution in [2.45, 2.75) is 6.04 Å². The van der Waals surface area contributed by atoms with Crippen molar-refractivity contribution < 1.29 is 14.3 Å². The van der Waals surface area contributed by atoms with Crippen molar-refractivity contribution in [2.75, 3.05) is 26.3 Å². The van der Waals surface area contributed by atoms with Crippen molar-refractivity contribution in [3.63, 3.8) is 0 Å². The van der Waals surface area contributed by atoms with Gasteiger partial charge in [-0.3, -0.25) is 14.4 Å². The summed E-state index contributed by atoms with van der Waals surface area (Å²) in [5.74, 6) is -0.829. The minimum Gasteiger partial charge on any atom is -0.378 e. The predicted octanol–water partition coefficient (Wildman–Crippen LogP) is 0.126. The summed E-state index contributed by atoms with van der Waals surface area (Å²) in [6.45, 7) is 1.28. The lowest BCUT2D eigenvalue weighted by Gasteiger charge is -2.27. The van der Waals surface area contributed by atoms with Gasteiger partial charge in [0.05, 0.1) is 30.7 Å². The van der Waals surface area contributed by atoms with Crippen LogP contribution < -0.4 is 10.9 Å². The zero-order chi connectivity index (χ0) is 17.6. The molecule has 0 spiro atoms. The number of hydrogen-bond donors (Lipinski definition) is 1. The molecule has 0 radical (unpaired) electrons. The molecule has 1 aromatic heterocycles. The standard InChI is InChI=1S/C18H19N3O4/c1-20-15-5-3-2-4-11(15)6-14(17(20)23)18(24)21-7-12-9-25-10-13(8-21)19-16(12)22/h2-6,12-13H,7-10H2,1H3,(H,19,22)/t12-,13+/m1/s1. The topological polar surface area (TPSA) is 80.6 Å². The first-order valence-corrected chi connectivity index (χ1v) is 8.31. The Morgan fingerprint density at radius 1 is 1.20 bits per heavy atom. The van der Waals surface area contributed by atoms with Gasteiger partial charge in [-0.25, -0.2) is 0 Å². The van der Waals surface area contributed by atoms with Gasteiger partial charge in [0.1, 0.15) is 5.56 Å². The van der Waals surface area contributed by atoms with Crippen molar-refractivity contribution in [1.82, 2.24) is 14.8 Å². The van der Waals surface area contributed by atoms with E-state index in [2.05, 4.69) is 5.32 Å². The van der Waals surface area contributed by atoms with Gasteiger partial charge in [0.25, 0.3) is 11.5 Å². The lowest BCUT2D eigenvalue weighted by Crippen LogP contribution is -2.45. The van der Waals surface area contributed by atoms with Crippen LogP contribution in [0.1, 0.15) is 10.4 Å². The number of amides is 2. The number of pyridine rings is 1. The number of nitrogens with zero attached hydrogens (tertiary/aromatic N) is 2. The number of aryl methyl sites for hydroxylation is 1. The normalized spacial score (nSPS) is 23.2. The Kier molecular flexibility index (Phi) is 3.80. The SMILES string of the molecule is Cn1c(=O)c(C(=O)N2C[C@H]3COC[C@@H](C2)C(=O)N3)cc2ccccc21. The first-order chi connectivity index (χ1) is 12.0. The number of rotatable bonds is 1. The molecule has 2 atom stereocenters. The molecule has 2 bridgehead atoms. The summed E-state index contributed by atoms with van der Waals surface area (Å²) in [6, 6.07) is 8.86. The Morgan fingerprint density at radius 3 is 2.84 bits per heavy atom. The molecule has 2 saturated heterocycles. The molecule has 3 heterocycles. The van der Waals surface area contributed by atoms with Crippen LogP contribution in [0.2, 0.25) is 0 Å². The summed E-state index contributed by atoms with van der Waals surface area (Å²) in [6.07, 6.45) is 0. The van der Waals surface area contributed by atoms with Crippen molar-refractivity contribution in [2.24, 2.45) is 13.0 Å². The van der Waals surface area contributed by atoms with Crippen molar-refractivity contribution in [3.8, 4) is 0 Å². The van der Waals surface area contributed by atoms with E-state index in [0.29, 0.717) is 19.8 Å². The largest absolute Gasteiger partial charge is 0.378 e. The number of nitrogens with one attached hydrogen (secondary N) is 1. The maximum Gasteiger partial charge on any atom is 0.263 e. The van der Waals surface area contributed by atoms with E-state index in [0.717, 1.165) is 10.9 Å². The second-order valence-corrected chi connectivity index (χ2v) is 6.63. The second kappa shape index (κ2) is 6.00. The van der Waals surface area contributed by atoms with E-state index in [-0.39, 0.29) is 35.5 Å². The molecule has 130 valence electrons. The third-order valence-electron chi connectivity index (χ3n) is 4.89. The van der Waals surface area contributed by atoms with E-state index < -0.39 is 5.92 Å². The van der Waals surface area contributed by atoms with Gasteiger partial charge >= 0.3 is 0 Å². The van der Waals surface area contributed by atoms with E-state index in [1.165, 1.54) is 4.57 Å². The molecule has 2 amide bonds. The number of aromatic nitrogens is 1. The van der Waals surface area contributed by atoms with E-state index in [1.54, 1.807) is 18.0 Å². The Labute approximate surface area is 144 Å². The van der Waals surface area contributed by atoms with Gasteiger partial charge in [0.2, 0.25) is 5.91 Å². The summed E-state index contributed by atoms with van der Waals surface area (Å²) in [7, 11) is 1.66. The fourth-order valence-electron chi connectivity index (χ4n) is 3.54. The van der Waals surface area contributed by atoms with Crippen LogP contribution in [0.4, 0.5) is 0 Å². The number of benzene rings is 1. The molecule has 0 unspecified atom stereocenters. The van der Waals surface area contributed by atoms with Crippen LogP contribution in [0.5, 0.6) is 0 Å². The maximum absolute atomic E-state index is 13.0. The molecule has 2 fully saturated rings. The number of para-hydroxylation sites is 1. The molecule has 7 heteroatoms. The molecule has 7 nitrogen and oxygen atoms in total. The summed E-state index contributed by atoms with van der Waals surface area (Å²) in [5.41, 5.74) is 0.588. The summed E-state index contributed by atoms with van der Waals surface area (Å²) in [4.78, 5) is 39.4. The smallest absolute Gasteiger partial charge is 0.263 e. The summed E-state index contributed by atoms with van der Waals surface area (Å²) < 4.78 is 6.97. The second-order valence-electron chi connectivity index (χ2n) is 6.63. The maximum atomic E-state index is 13.0. The average molecular weight is 341 g/mol. The minimum absolute atomic E-state index is 0.0933. The first-order valence-electron chi connectivity index (χ1n) is 8.31. The molecule has 2 aliphatic rings. The Balaban J connectivity index is 1.74. The molecule has 1 N–H and O–H groups in total. The first kappa shape index (κ1) is 15.8. The lowest BCUT2D eigenvalue weighted by molar-refractivity contribution is -0.125. The van der Waals surface area contributed by atoms with E-state index in [4.69, 9.17) is 4.74 Å². The van der Waals surface area contributed by atoms with Crippen LogP contribution in [-0.2, 0) is 16.6 Å².